The van der Waals surface area contributed by atoms with Crippen molar-refractivity contribution in [3.05, 3.63) is 181 Å². The van der Waals surface area contributed by atoms with Gasteiger partial charge in [0.2, 0.25) is 0 Å². The number of hydrogen-bond acceptors (Lipinski definition) is 1. The van der Waals surface area contributed by atoms with Crippen LogP contribution in [0, 0.1) is 0 Å². The first-order chi connectivity index (χ1) is 28.9. The Kier molecular flexibility index (Phi) is 4.64. The molecule has 11 rings (SSSR count). The van der Waals surface area contributed by atoms with Gasteiger partial charge in [-0.3, -0.25) is 0 Å². The van der Waals surface area contributed by atoms with Gasteiger partial charge < -0.3 is 4.42 Å². The van der Waals surface area contributed by atoms with Gasteiger partial charge >= 0.3 is 0 Å². The number of furan rings is 1. The van der Waals surface area contributed by atoms with Gasteiger partial charge in [-0.15, -0.1) is 0 Å². The lowest BCUT2D eigenvalue weighted by molar-refractivity contribution is 0.660. The topological polar surface area (TPSA) is 13.1 Å². The number of benzene rings is 9. The Morgan fingerprint density at radius 3 is 1.85 bits per heavy atom. The molecule has 0 N–H and O–H groups in total. The summed E-state index contributed by atoms with van der Waals surface area (Å²) in [6.45, 7) is 4.48. The van der Waals surface area contributed by atoms with Gasteiger partial charge in [0.1, 0.15) is 11.2 Å². The van der Waals surface area contributed by atoms with Crippen LogP contribution in [0.4, 0.5) is 0 Å². The second kappa shape index (κ2) is 10.8. The molecule has 0 aliphatic heterocycles. The number of rotatable bonds is 3. The Bertz CT molecular complexity index is 3470. The molecule has 1 heteroatoms. The molecule has 10 aromatic rings. The largest absolute Gasteiger partial charge is 0.455 e. The van der Waals surface area contributed by atoms with Crippen molar-refractivity contribution in [2.24, 2.45) is 0 Å². The predicted molar refractivity (Wildman–Crippen MR) is 220 cm³/mol. The molecule has 0 fully saturated rings. The van der Waals surface area contributed by atoms with Crippen molar-refractivity contribution in [3.8, 4) is 44.5 Å². The van der Waals surface area contributed by atoms with Crippen LogP contribution >= 0.6 is 0 Å². The molecule has 1 aliphatic carbocycles. The fourth-order valence-electron chi connectivity index (χ4n) is 8.66. The van der Waals surface area contributed by atoms with E-state index in [1.165, 1.54) is 22.3 Å². The monoisotopic (exact) mass is 670 g/mol. The fraction of sp³-hybridized carbons (Fsp3) is 0.0588. The maximum atomic E-state index is 9.49. The summed E-state index contributed by atoms with van der Waals surface area (Å²) in [5.74, 6) is 0. The summed E-state index contributed by atoms with van der Waals surface area (Å²) in [7, 11) is 0. The molecule has 0 bridgehead atoms. The van der Waals surface area contributed by atoms with Crippen LogP contribution in [0.5, 0.6) is 0 Å². The molecule has 1 aromatic heterocycles. The van der Waals surface area contributed by atoms with E-state index in [4.69, 9.17) is 9.90 Å². The lowest BCUT2D eigenvalue weighted by Gasteiger charge is -2.22. The minimum atomic E-state index is -0.438. The summed E-state index contributed by atoms with van der Waals surface area (Å²) in [5.41, 5.74) is 9.64. The Morgan fingerprint density at radius 1 is 0.462 bits per heavy atom. The highest BCUT2D eigenvalue weighted by Crippen LogP contribution is 2.50. The summed E-state index contributed by atoms with van der Waals surface area (Å²) in [6.07, 6.45) is 0. The fourth-order valence-corrected chi connectivity index (χ4v) is 8.66. The lowest BCUT2D eigenvalue weighted by atomic mass is 9.81. The van der Waals surface area contributed by atoms with Crippen LogP contribution in [0.3, 0.4) is 0 Å². The van der Waals surface area contributed by atoms with E-state index in [9.17, 15) is 5.48 Å². The maximum absolute atomic E-state index is 9.49. The SMILES string of the molecule is [2H]c1c([2H])c([2H])c2c(-c3cccc4oc5c6ccccc6ccc5c34)c3c([2H])c([2H])c([2H])c([2H])c3c(-c3ccc(-c4ccc5c(c4)C(C)(C)c4ccccc4-5)cc3)c2c1[2H]. The molecule has 0 amide bonds. The highest BCUT2D eigenvalue weighted by Gasteiger charge is 2.35. The molecule has 1 nitrogen and oxygen atoms in total. The molecular weight excluding hydrogens is 629 g/mol. The average molecular weight is 671 g/mol. The molecule has 1 heterocycles. The van der Waals surface area contributed by atoms with Crippen LogP contribution in [-0.4, -0.2) is 0 Å². The van der Waals surface area contributed by atoms with Crippen molar-refractivity contribution in [1.29, 1.82) is 0 Å². The molecule has 0 radical (unpaired) electrons. The number of hydrogen-bond donors (Lipinski definition) is 0. The van der Waals surface area contributed by atoms with E-state index >= 15 is 0 Å². The summed E-state index contributed by atoms with van der Waals surface area (Å²) in [4.78, 5) is 0. The maximum Gasteiger partial charge on any atom is 0.143 e. The first-order valence-electron chi connectivity index (χ1n) is 21.5. The van der Waals surface area contributed by atoms with E-state index in [1.807, 2.05) is 78.9 Å². The first kappa shape index (κ1) is 22.4. The smallest absolute Gasteiger partial charge is 0.143 e. The third-order valence-electron chi connectivity index (χ3n) is 11.1. The lowest BCUT2D eigenvalue weighted by Crippen LogP contribution is -2.14. The zero-order valence-electron chi connectivity index (χ0n) is 36.5. The second-order valence-electron chi connectivity index (χ2n) is 14.2. The molecule has 52 heavy (non-hydrogen) atoms. The molecule has 0 atom stereocenters. The van der Waals surface area contributed by atoms with Crippen molar-refractivity contribution < 1.29 is 15.4 Å². The van der Waals surface area contributed by atoms with Crippen LogP contribution in [-0.2, 0) is 5.41 Å². The summed E-state index contributed by atoms with van der Waals surface area (Å²) >= 11 is 0. The van der Waals surface area contributed by atoms with Gasteiger partial charge in [0.15, 0.2) is 0 Å². The minimum absolute atomic E-state index is 0.167. The van der Waals surface area contributed by atoms with Crippen molar-refractivity contribution >= 4 is 54.3 Å². The van der Waals surface area contributed by atoms with E-state index in [-0.39, 0.29) is 51.1 Å². The molecule has 0 saturated heterocycles. The van der Waals surface area contributed by atoms with E-state index in [0.717, 1.165) is 27.3 Å². The van der Waals surface area contributed by atoms with Crippen LogP contribution < -0.4 is 0 Å². The second-order valence-corrected chi connectivity index (χ2v) is 14.2. The van der Waals surface area contributed by atoms with E-state index in [2.05, 4.69) is 56.3 Å². The minimum Gasteiger partial charge on any atom is -0.455 e. The first-order valence-corrected chi connectivity index (χ1v) is 17.5. The van der Waals surface area contributed by atoms with Crippen molar-refractivity contribution in [2.45, 2.75) is 19.3 Å². The van der Waals surface area contributed by atoms with Gasteiger partial charge in [0, 0.05) is 21.6 Å². The Morgan fingerprint density at radius 2 is 1.08 bits per heavy atom. The van der Waals surface area contributed by atoms with Crippen LogP contribution in [0.25, 0.3) is 98.8 Å². The summed E-state index contributed by atoms with van der Waals surface area (Å²) < 4.78 is 80.1. The molecule has 244 valence electrons. The quantitative estimate of drug-likeness (QED) is 0.171. The number of fused-ring (bicyclic) bond motifs is 10. The van der Waals surface area contributed by atoms with Gasteiger partial charge in [-0.25, -0.2) is 0 Å². The molecular formula is C51H34O. The highest BCUT2D eigenvalue weighted by molar-refractivity contribution is 6.27. The zero-order chi connectivity index (χ0) is 41.5. The van der Waals surface area contributed by atoms with Crippen molar-refractivity contribution in [1.82, 2.24) is 0 Å². The molecule has 9 aromatic carbocycles. The Hall–Kier alpha value is -6.44. The van der Waals surface area contributed by atoms with E-state index in [1.54, 1.807) is 0 Å². The summed E-state index contributed by atoms with van der Waals surface area (Å²) in [6, 6.07) is 37.2. The Balaban J connectivity index is 1.22. The molecule has 0 spiro atoms. The van der Waals surface area contributed by atoms with Crippen molar-refractivity contribution in [3.63, 3.8) is 0 Å². The predicted octanol–water partition coefficient (Wildman–Crippen LogP) is 14.4. The summed E-state index contributed by atoms with van der Waals surface area (Å²) in [5, 5.41) is 4.04. The van der Waals surface area contributed by atoms with Gasteiger partial charge in [-0.05, 0) is 101 Å². The van der Waals surface area contributed by atoms with Gasteiger partial charge in [0.05, 0.1) is 11.0 Å². The van der Waals surface area contributed by atoms with Crippen molar-refractivity contribution in [2.75, 3.05) is 0 Å². The van der Waals surface area contributed by atoms with E-state index < -0.39 is 24.2 Å². The van der Waals surface area contributed by atoms with E-state index in [0.29, 0.717) is 38.8 Å². The molecule has 0 unspecified atom stereocenters. The zero-order valence-corrected chi connectivity index (χ0v) is 28.5. The van der Waals surface area contributed by atoms with Crippen LogP contribution in [0.15, 0.2) is 174 Å². The normalized spacial score (nSPS) is 15.5. The third-order valence-corrected chi connectivity index (χ3v) is 11.1. The van der Waals surface area contributed by atoms with Gasteiger partial charge in [0.25, 0.3) is 0 Å². The molecule has 1 aliphatic rings. The molecule has 0 saturated carbocycles. The average Bonchev–Trinajstić information content (AvgIpc) is 3.77. The Labute approximate surface area is 313 Å². The van der Waals surface area contributed by atoms with Crippen LogP contribution in [0.2, 0.25) is 0 Å². The van der Waals surface area contributed by atoms with Gasteiger partial charge in [-0.2, -0.15) is 0 Å². The van der Waals surface area contributed by atoms with Gasteiger partial charge in [-0.1, -0.05) is 165 Å². The third kappa shape index (κ3) is 4.05. The standard InChI is InChI=1S/C51H34O/c1-51(2)44-20-10-9-14-36(44)37-28-27-34(30-45(37)51)31-22-24-33(25-23-31)47-38-15-5-7-17-40(38)48(41-18-8-6-16-39(41)47)42-19-11-21-46-49(42)43-29-26-32-12-3-4-13-35(32)50(43)52-46/h3-30H,1-2H3/i5D,6D,7D,8D,15D,16D,17D,18D. The van der Waals surface area contributed by atoms with Crippen LogP contribution in [0.1, 0.15) is 35.9 Å². The highest BCUT2D eigenvalue weighted by atomic mass is 16.3.